The zero-order valence-electron chi connectivity index (χ0n) is 12.9. The molecular formula is C14H21N3O4S. The van der Waals surface area contributed by atoms with Gasteiger partial charge in [0.2, 0.25) is 11.8 Å². The predicted molar refractivity (Wildman–Crippen MR) is 83.7 cm³/mol. The Labute approximate surface area is 130 Å². The van der Waals surface area contributed by atoms with Crippen LogP contribution in [0.5, 0.6) is 5.88 Å². The first-order valence-electron chi connectivity index (χ1n) is 7.06. The Hall–Kier alpha value is -1.83. The molecule has 0 radical (unpaired) electrons. The number of pyridine rings is 1. The highest BCUT2D eigenvalue weighted by Crippen LogP contribution is 2.18. The first-order chi connectivity index (χ1) is 10.3. The molecule has 0 aromatic carbocycles. The van der Waals surface area contributed by atoms with Gasteiger partial charge in [-0.2, -0.15) is 0 Å². The van der Waals surface area contributed by atoms with Gasteiger partial charge in [0.25, 0.3) is 0 Å². The van der Waals surface area contributed by atoms with Crippen molar-refractivity contribution in [2.45, 2.75) is 25.4 Å². The lowest BCUT2D eigenvalue weighted by Gasteiger charge is -2.27. The molecule has 0 spiro atoms. The van der Waals surface area contributed by atoms with Gasteiger partial charge in [0.15, 0.2) is 9.84 Å². The van der Waals surface area contributed by atoms with Gasteiger partial charge >= 0.3 is 0 Å². The number of carbonyl (C=O) groups excluding carboxylic acids is 1. The summed E-state index contributed by atoms with van der Waals surface area (Å²) in [5.41, 5.74) is 0.703. The van der Waals surface area contributed by atoms with Crippen molar-refractivity contribution in [3.05, 3.63) is 18.3 Å². The Morgan fingerprint density at radius 1 is 1.50 bits per heavy atom. The minimum atomic E-state index is -3.00. The number of hydrogen-bond donors (Lipinski definition) is 1. The highest BCUT2D eigenvalue weighted by atomic mass is 32.2. The van der Waals surface area contributed by atoms with Crippen LogP contribution in [0.15, 0.2) is 18.3 Å². The number of amides is 1. The molecule has 1 fully saturated rings. The molecule has 2 heterocycles. The zero-order valence-corrected chi connectivity index (χ0v) is 13.8. The number of ether oxygens (including phenoxy) is 1. The average Bonchev–Trinajstić information content (AvgIpc) is 2.86. The number of likely N-dealkylation sites (N-methyl/N-ethyl adjacent to an activating group) is 1. The van der Waals surface area contributed by atoms with Crippen LogP contribution in [0.4, 0.5) is 5.69 Å². The first kappa shape index (κ1) is 16.5. The minimum absolute atomic E-state index is 0.0477. The predicted octanol–water partition coefficient (Wildman–Crippen LogP) is 0.536. The van der Waals surface area contributed by atoms with Crippen molar-refractivity contribution < 1.29 is 17.9 Å². The highest BCUT2D eigenvalue weighted by molar-refractivity contribution is 7.91. The Bertz CT molecular complexity index is 630. The molecule has 1 aromatic heterocycles. The third-order valence-corrected chi connectivity index (χ3v) is 5.55. The molecule has 22 heavy (non-hydrogen) atoms. The third kappa shape index (κ3) is 3.88. The van der Waals surface area contributed by atoms with Gasteiger partial charge in [0.1, 0.15) is 6.04 Å². The summed E-state index contributed by atoms with van der Waals surface area (Å²) < 4.78 is 28.0. The van der Waals surface area contributed by atoms with Gasteiger partial charge in [-0.05, 0) is 19.4 Å². The Balaban J connectivity index is 1.96. The number of carbonyl (C=O) groups is 1. The van der Waals surface area contributed by atoms with Crippen molar-refractivity contribution in [3.63, 3.8) is 0 Å². The summed E-state index contributed by atoms with van der Waals surface area (Å²) in [7, 11) is 0.181. The van der Waals surface area contributed by atoms with Crippen molar-refractivity contribution in [2.24, 2.45) is 0 Å². The Kier molecular flexibility index (Phi) is 4.90. The van der Waals surface area contributed by atoms with Gasteiger partial charge in [-0.3, -0.25) is 4.79 Å². The number of nitrogens with zero attached hydrogens (tertiary/aromatic N) is 2. The van der Waals surface area contributed by atoms with E-state index in [4.69, 9.17) is 4.74 Å². The maximum atomic E-state index is 12.4. The van der Waals surface area contributed by atoms with E-state index in [1.54, 1.807) is 32.3 Å². The van der Waals surface area contributed by atoms with E-state index < -0.39 is 15.9 Å². The topological polar surface area (TPSA) is 88.6 Å². The fourth-order valence-corrected chi connectivity index (χ4v) is 4.24. The molecular weight excluding hydrogens is 306 g/mol. The second kappa shape index (κ2) is 6.51. The smallest absolute Gasteiger partial charge is 0.244 e. The van der Waals surface area contributed by atoms with Crippen LogP contribution >= 0.6 is 0 Å². The quantitative estimate of drug-likeness (QED) is 0.849. The van der Waals surface area contributed by atoms with Gasteiger partial charge in [-0.25, -0.2) is 13.4 Å². The summed E-state index contributed by atoms with van der Waals surface area (Å²) in [4.78, 5) is 18.0. The summed E-state index contributed by atoms with van der Waals surface area (Å²) in [5.74, 6) is 0.557. The normalized spacial score (nSPS) is 21.1. The lowest BCUT2D eigenvalue weighted by atomic mass is 10.2. The lowest BCUT2D eigenvalue weighted by Crippen LogP contribution is -2.45. The number of anilines is 1. The van der Waals surface area contributed by atoms with Crippen LogP contribution in [-0.4, -0.2) is 62.0 Å². The standard InChI is InChI=1S/C14H21N3O4S/c1-10(16-11-4-5-13(21-3)15-8-11)14(18)17(2)12-6-7-22(19,20)9-12/h4-5,8,10,12,16H,6-7,9H2,1-3H3/t10-,12+/m0/s1. The molecule has 0 aliphatic carbocycles. The van der Waals surface area contributed by atoms with Crippen molar-refractivity contribution in [3.8, 4) is 5.88 Å². The van der Waals surface area contributed by atoms with Gasteiger partial charge in [0.05, 0.1) is 30.5 Å². The van der Waals surface area contributed by atoms with E-state index in [2.05, 4.69) is 10.3 Å². The summed E-state index contributed by atoms with van der Waals surface area (Å²) in [6, 6.07) is 2.77. The number of sulfone groups is 1. The minimum Gasteiger partial charge on any atom is -0.481 e. The molecule has 1 aromatic rings. The van der Waals surface area contributed by atoms with Crippen molar-refractivity contribution >= 4 is 21.4 Å². The number of methoxy groups -OCH3 is 1. The first-order valence-corrected chi connectivity index (χ1v) is 8.88. The Morgan fingerprint density at radius 3 is 2.73 bits per heavy atom. The molecule has 1 amide bonds. The highest BCUT2D eigenvalue weighted by Gasteiger charge is 2.34. The van der Waals surface area contributed by atoms with E-state index >= 15 is 0 Å². The fourth-order valence-electron chi connectivity index (χ4n) is 2.46. The van der Waals surface area contributed by atoms with E-state index in [-0.39, 0.29) is 23.5 Å². The van der Waals surface area contributed by atoms with Gasteiger partial charge in [-0.15, -0.1) is 0 Å². The average molecular weight is 327 g/mol. The molecule has 7 nitrogen and oxygen atoms in total. The zero-order chi connectivity index (χ0) is 16.3. The molecule has 2 atom stereocenters. The monoisotopic (exact) mass is 327 g/mol. The van der Waals surface area contributed by atoms with Crippen LogP contribution in [-0.2, 0) is 14.6 Å². The lowest BCUT2D eigenvalue weighted by molar-refractivity contribution is -0.132. The second-order valence-electron chi connectivity index (χ2n) is 5.46. The summed E-state index contributed by atoms with van der Waals surface area (Å²) in [6.07, 6.45) is 2.09. The van der Waals surface area contributed by atoms with Crippen molar-refractivity contribution in [1.29, 1.82) is 0 Å². The van der Waals surface area contributed by atoms with E-state index in [1.165, 1.54) is 12.0 Å². The van der Waals surface area contributed by atoms with Crippen LogP contribution in [0.2, 0.25) is 0 Å². The van der Waals surface area contributed by atoms with Gasteiger partial charge in [0, 0.05) is 19.2 Å². The maximum absolute atomic E-state index is 12.4. The van der Waals surface area contributed by atoms with Crippen LogP contribution < -0.4 is 10.1 Å². The number of nitrogens with one attached hydrogen (secondary N) is 1. The molecule has 2 rings (SSSR count). The molecule has 122 valence electrons. The Morgan fingerprint density at radius 2 is 2.23 bits per heavy atom. The SMILES string of the molecule is COc1ccc(N[C@@H](C)C(=O)N(C)[C@@H]2CCS(=O)(=O)C2)cn1. The number of hydrogen-bond acceptors (Lipinski definition) is 6. The van der Waals surface area contributed by atoms with Crippen molar-refractivity contribution in [1.82, 2.24) is 9.88 Å². The molecule has 0 unspecified atom stereocenters. The third-order valence-electron chi connectivity index (χ3n) is 3.80. The molecule has 1 aliphatic rings. The van der Waals surface area contributed by atoms with Crippen LogP contribution in [0, 0.1) is 0 Å². The van der Waals surface area contributed by atoms with Crippen LogP contribution in [0.3, 0.4) is 0 Å². The summed E-state index contributed by atoms with van der Waals surface area (Å²) >= 11 is 0. The van der Waals surface area contributed by atoms with Crippen LogP contribution in [0.1, 0.15) is 13.3 Å². The summed E-state index contributed by atoms with van der Waals surface area (Å²) in [5, 5.41) is 3.06. The van der Waals surface area contributed by atoms with Crippen LogP contribution in [0.25, 0.3) is 0 Å². The molecule has 1 aliphatic heterocycles. The van der Waals surface area contributed by atoms with Gasteiger partial charge in [-0.1, -0.05) is 0 Å². The summed E-state index contributed by atoms with van der Waals surface area (Å²) in [6.45, 7) is 1.74. The number of rotatable bonds is 5. The largest absolute Gasteiger partial charge is 0.481 e. The second-order valence-corrected chi connectivity index (χ2v) is 7.69. The molecule has 8 heteroatoms. The van der Waals surface area contributed by atoms with E-state index in [9.17, 15) is 13.2 Å². The number of aromatic nitrogens is 1. The fraction of sp³-hybridized carbons (Fsp3) is 0.571. The van der Waals surface area contributed by atoms with Gasteiger partial charge < -0.3 is 15.0 Å². The maximum Gasteiger partial charge on any atom is 0.244 e. The van der Waals surface area contributed by atoms with E-state index in [0.717, 1.165) is 0 Å². The molecule has 0 saturated carbocycles. The van der Waals surface area contributed by atoms with E-state index in [0.29, 0.717) is 18.0 Å². The molecule has 1 N–H and O–H groups in total. The molecule has 1 saturated heterocycles. The van der Waals surface area contributed by atoms with Crippen molar-refractivity contribution in [2.75, 3.05) is 31.0 Å². The molecule has 0 bridgehead atoms. The van der Waals surface area contributed by atoms with E-state index in [1.807, 2.05) is 0 Å².